The SMILES string of the molecule is COCC(C(=O)O)N1C(=O)CC(C)(C)C1=O. The van der Waals surface area contributed by atoms with E-state index in [1.54, 1.807) is 13.8 Å². The first kappa shape index (κ1) is 12.6. The van der Waals surface area contributed by atoms with Gasteiger partial charge in [-0.15, -0.1) is 0 Å². The maximum absolute atomic E-state index is 11.8. The number of imide groups is 1. The summed E-state index contributed by atoms with van der Waals surface area (Å²) in [7, 11) is 1.33. The molecule has 16 heavy (non-hydrogen) atoms. The van der Waals surface area contributed by atoms with Crippen LogP contribution in [0.5, 0.6) is 0 Å². The number of nitrogens with zero attached hydrogens (tertiary/aromatic N) is 1. The third-order valence-electron chi connectivity index (χ3n) is 2.58. The molecule has 0 saturated carbocycles. The van der Waals surface area contributed by atoms with Crippen LogP contribution in [-0.2, 0) is 19.1 Å². The number of rotatable bonds is 4. The van der Waals surface area contributed by atoms with Crippen LogP contribution in [0.3, 0.4) is 0 Å². The molecule has 0 spiro atoms. The summed E-state index contributed by atoms with van der Waals surface area (Å²) in [6, 6.07) is -1.23. The molecule has 0 aromatic rings. The van der Waals surface area contributed by atoms with Gasteiger partial charge in [-0.25, -0.2) is 4.79 Å². The van der Waals surface area contributed by atoms with Crippen LogP contribution in [0.25, 0.3) is 0 Å². The van der Waals surface area contributed by atoms with Crippen molar-refractivity contribution in [1.82, 2.24) is 4.90 Å². The summed E-state index contributed by atoms with van der Waals surface area (Å²) in [4.78, 5) is 35.2. The second-order valence-electron chi connectivity index (χ2n) is 4.44. The molecule has 1 aliphatic rings. The predicted molar refractivity (Wildman–Crippen MR) is 53.6 cm³/mol. The van der Waals surface area contributed by atoms with Crippen molar-refractivity contribution in [2.24, 2.45) is 5.41 Å². The number of hydrogen-bond donors (Lipinski definition) is 1. The van der Waals surface area contributed by atoms with Gasteiger partial charge < -0.3 is 9.84 Å². The molecule has 1 N–H and O–H groups in total. The molecular weight excluding hydrogens is 214 g/mol. The van der Waals surface area contributed by atoms with Gasteiger partial charge in [-0.3, -0.25) is 14.5 Å². The number of amides is 2. The number of carboxylic acids is 1. The normalized spacial score (nSPS) is 21.3. The fraction of sp³-hybridized carbons (Fsp3) is 0.700. The maximum Gasteiger partial charge on any atom is 0.329 e. The highest BCUT2D eigenvalue weighted by atomic mass is 16.5. The predicted octanol–water partition coefficient (Wildman–Crippen LogP) is -0.129. The quantitative estimate of drug-likeness (QED) is 0.679. The molecule has 1 unspecified atom stereocenters. The molecule has 1 atom stereocenters. The molecule has 0 aromatic heterocycles. The number of hydrogen-bond acceptors (Lipinski definition) is 4. The number of carboxylic acid groups (broad SMARTS) is 1. The summed E-state index contributed by atoms with van der Waals surface area (Å²) in [5, 5.41) is 8.94. The standard InChI is InChI=1S/C10H15NO5/c1-10(2)4-7(12)11(9(10)15)6(5-16-3)8(13)14/h6H,4-5H2,1-3H3,(H,13,14). The molecule has 0 aromatic carbocycles. The number of ether oxygens (including phenoxy) is 1. The second-order valence-corrected chi connectivity index (χ2v) is 4.44. The Labute approximate surface area is 93.2 Å². The van der Waals surface area contributed by atoms with Gasteiger partial charge >= 0.3 is 5.97 Å². The van der Waals surface area contributed by atoms with Gasteiger partial charge in [-0.2, -0.15) is 0 Å². The first-order valence-corrected chi connectivity index (χ1v) is 4.89. The molecule has 90 valence electrons. The van der Waals surface area contributed by atoms with E-state index < -0.39 is 29.2 Å². The second kappa shape index (κ2) is 4.21. The van der Waals surface area contributed by atoms with E-state index in [-0.39, 0.29) is 13.0 Å². The zero-order valence-electron chi connectivity index (χ0n) is 9.52. The highest BCUT2D eigenvalue weighted by molar-refractivity contribution is 6.07. The van der Waals surface area contributed by atoms with Crippen LogP contribution in [0.2, 0.25) is 0 Å². The van der Waals surface area contributed by atoms with Crippen LogP contribution in [0.15, 0.2) is 0 Å². The molecular formula is C10H15NO5. The van der Waals surface area contributed by atoms with Crippen LogP contribution in [0.4, 0.5) is 0 Å². The lowest BCUT2D eigenvalue weighted by Gasteiger charge is -2.23. The summed E-state index contributed by atoms with van der Waals surface area (Å²) in [6.07, 6.45) is 0.0410. The third kappa shape index (κ3) is 2.06. The topological polar surface area (TPSA) is 83.9 Å². The Morgan fingerprint density at radius 2 is 2.12 bits per heavy atom. The maximum atomic E-state index is 11.8. The number of aliphatic carboxylic acids is 1. The minimum atomic E-state index is -1.23. The molecule has 1 rings (SSSR count). The first-order chi connectivity index (χ1) is 7.31. The lowest BCUT2D eigenvalue weighted by atomic mass is 9.92. The van der Waals surface area contributed by atoms with E-state index in [9.17, 15) is 14.4 Å². The molecule has 2 amide bonds. The van der Waals surface area contributed by atoms with Gasteiger partial charge in [0.05, 0.1) is 12.0 Å². The Hall–Kier alpha value is -1.43. The lowest BCUT2D eigenvalue weighted by molar-refractivity contribution is -0.157. The summed E-state index contributed by atoms with van der Waals surface area (Å²) in [5.74, 6) is -2.15. The Kier molecular flexibility index (Phi) is 3.32. The zero-order valence-corrected chi connectivity index (χ0v) is 9.52. The fourth-order valence-corrected chi connectivity index (χ4v) is 1.71. The molecule has 1 heterocycles. The van der Waals surface area contributed by atoms with E-state index in [4.69, 9.17) is 9.84 Å². The fourth-order valence-electron chi connectivity index (χ4n) is 1.71. The van der Waals surface area contributed by atoms with Crippen molar-refractivity contribution in [3.63, 3.8) is 0 Å². The van der Waals surface area contributed by atoms with Gasteiger partial charge in [0.1, 0.15) is 0 Å². The van der Waals surface area contributed by atoms with Crippen LogP contribution >= 0.6 is 0 Å². The zero-order chi connectivity index (χ0) is 12.5. The van der Waals surface area contributed by atoms with Crippen molar-refractivity contribution in [2.45, 2.75) is 26.3 Å². The van der Waals surface area contributed by atoms with E-state index in [0.717, 1.165) is 4.90 Å². The van der Waals surface area contributed by atoms with E-state index in [1.807, 2.05) is 0 Å². The minimum absolute atomic E-state index is 0.0410. The van der Waals surface area contributed by atoms with Gasteiger partial charge in [-0.1, -0.05) is 13.8 Å². The summed E-state index contributed by atoms with van der Waals surface area (Å²) in [5.41, 5.74) is -0.821. The largest absolute Gasteiger partial charge is 0.480 e. The van der Waals surface area contributed by atoms with Gasteiger partial charge in [0.15, 0.2) is 6.04 Å². The van der Waals surface area contributed by atoms with Crippen LogP contribution in [0, 0.1) is 5.41 Å². The van der Waals surface area contributed by atoms with E-state index in [0.29, 0.717) is 0 Å². The Morgan fingerprint density at radius 1 is 1.56 bits per heavy atom. The molecule has 0 bridgehead atoms. The Balaban J connectivity index is 2.98. The molecule has 6 heteroatoms. The third-order valence-corrected chi connectivity index (χ3v) is 2.58. The van der Waals surface area contributed by atoms with Gasteiger partial charge in [0.25, 0.3) is 0 Å². The van der Waals surface area contributed by atoms with Crippen LogP contribution in [0.1, 0.15) is 20.3 Å². The van der Waals surface area contributed by atoms with Crippen molar-refractivity contribution in [1.29, 1.82) is 0 Å². The average Bonchev–Trinajstić information content (AvgIpc) is 2.33. The summed E-state index contributed by atoms with van der Waals surface area (Å²) in [6.45, 7) is 3.06. The van der Waals surface area contributed by atoms with Crippen molar-refractivity contribution < 1.29 is 24.2 Å². The molecule has 1 fully saturated rings. The van der Waals surface area contributed by atoms with Crippen molar-refractivity contribution >= 4 is 17.8 Å². The number of methoxy groups -OCH3 is 1. The minimum Gasteiger partial charge on any atom is -0.480 e. The van der Waals surface area contributed by atoms with E-state index >= 15 is 0 Å². The van der Waals surface area contributed by atoms with Crippen molar-refractivity contribution in [2.75, 3.05) is 13.7 Å². The van der Waals surface area contributed by atoms with Crippen molar-refractivity contribution in [3.8, 4) is 0 Å². The molecule has 1 saturated heterocycles. The summed E-state index contributed by atoms with van der Waals surface area (Å²) >= 11 is 0. The van der Waals surface area contributed by atoms with Crippen molar-refractivity contribution in [3.05, 3.63) is 0 Å². The van der Waals surface area contributed by atoms with Gasteiger partial charge in [-0.05, 0) is 0 Å². The highest BCUT2D eigenvalue weighted by Crippen LogP contribution is 2.32. The Bertz CT molecular complexity index is 336. The smallest absolute Gasteiger partial charge is 0.329 e. The lowest BCUT2D eigenvalue weighted by Crippen LogP contribution is -2.48. The van der Waals surface area contributed by atoms with E-state index in [2.05, 4.69) is 0 Å². The molecule has 6 nitrogen and oxygen atoms in total. The molecule has 0 aliphatic carbocycles. The molecule has 0 radical (unpaired) electrons. The number of carbonyl (C=O) groups is 3. The van der Waals surface area contributed by atoms with E-state index in [1.165, 1.54) is 7.11 Å². The highest BCUT2D eigenvalue weighted by Gasteiger charge is 2.49. The van der Waals surface area contributed by atoms with Crippen LogP contribution < -0.4 is 0 Å². The Morgan fingerprint density at radius 3 is 2.44 bits per heavy atom. The van der Waals surface area contributed by atoms with Crippen LogP contribution in [-0.4, -0.2) is 47.5 Å². The van der Waals surface area contributed by atoms with Gasteiger partial charge in [0.2, 0.25) is 11.8 Å². The summed E-state index contributed by atoms with van der Waals surface area (Å²) < 4.78 is 4.72. The first-order valence-electron chi connectivity index (χ1n) is 4.89. The number of carbonyl (C=O) groups excluding carboxylic acids is 2. The average molecular weight is 229 g/mol. The van der Waals surface area contributed by atoms with Gasteiger partial charge in [0, 0.05) is 13.5 Å². The monoisotopic (exact) mass is 229 g/mol. The number of likely N-dealkylation sites (tertiary alicyclic amines) is 1. The molecule has 1 aliphatic heterocycles.